The van der Waals surface area contributed by atoms with Crippen LogP contribution in [0.15, 0.2) is 24.3 Å². The Kier molecular flexibility index (Phi) is 5.41. The van der Waals surface area contributed by atoms with Gasteiger partial charge in [0.05, 0.1) is 25.7 Å². The summed E-state index contributed by atoms with van der Waals surface area (Å²) < 4.78 is 11.0. The Morgan fingerprint density at radius 3 is 2.83 bits per heavy atom. The zero-order valence-electron chi connectivity index (χ0n) is 14.9. The van der Waals surface area contributed by atoms with Crippen LogP contribution in [-0.2, 0) is 16.0 Å². The van der Waals surface area contributed by atoms with Crippen LogP contribution in [0, 0.1) is 5.92 Å². The second kappa shape index (κ2) is 7.53. The van der Waals surface area contributed by atoms with Gasteiger partial charge in [0.1, 0.15) is 5.75 Å². The fraction of sp³-hybridized carbons (Fsp3) is 0.632. The van der Waals surface area contributed by atoms with Gasteiger partial charge in [0.2, 0.25) is 5.91 Å². The Morgan fingerprint density at radius 2 is 2.12 bits per heavy atom. The number of hydrogen-bond acceptors (Lipinski definition) is 4. The number of amides is 1. The van der Waals surface area contributed by atoms with Crippen LogP contribution in [-0.4, -0.2) is 68.3 Å². The number of carbonyl (C=O) groups excluding carboxylic acids is 1. The minimum Gasteiger partial charge on any atom is -0.497 e. The smallest absolute Gasteiger partial charge is 0.227 e. The number of benzene rings is 1. The molecule has 0 aromatic heterocycles. The summed E-state index contributed by atoms with van der Waals surface area (Å²) in [6.45, 7) is 6.00. The molecule has 2 aliphatic rings. The van der Waals surface area contributed by atoms with Crippen molar-refractivity contribution in [1.29, 1.82) is 0 Å². The molecule has 0 bridgehead atoms. The standard InChI is InChI=1S/C19H28N2O3/c1-4-20-12-16-17(13-20)21(9-8-18(16)24-3)19(22)11-14-6-5-7-15(10-14)23-2/h5-7,10,16-18H,4,8-9,11-13H2,1-3H3/t16-,17+,18+/m1/s1. The molecule has 2 aliphatic heterocycles. The Balaban J connectivity index is 1.72. The first kappa shape index (κ1) is 17.2. The number of ether oxygens (including phenoxy) is 2. The molecule has 5 nitrogen and oxygen atoms in total. The van der Waals surface area contributed by atoms with Crippen molar-refractivity contribution in [3.8, 4) is 5.75 Å². The molecule has 5 heteroatoms. The number of likely N-dealkylation sites (tertiary alicyclic amines) is 2. The van der Waals surface area contributed by atoms with Crippen LogP contribution >= 0.6 is 0 Å². The molecule has 0 spiro atoms. The van der Waals surface area contributed by atoms with Crippen molar-refractivity contribution in [2.75, 3.05) is 40.4 Å². The fourth-order valence-corrected chi connectivity index (χ4v) is 4.15. The second-order valence-electron chi connectivity index (χ2n) is 6.76. The summed E-state index contributed by atoms with van der Waals surface area (Å²) in [6.07, 6.45) is 1.64. The summed E-state index contributed by atoms with van der Waals surface area (Å²) in [5, 5.41) is 0. The van der Waals surface area contributed by atoms with Gasteiger partial charge in [-0.1, -0.05) is 19.1 Å². The average molecular weight is 332 g/mol. The lowest BCUT2D eigenvalue weighted by Crippen LogP contribution is -2.54. The lowest BCUT2D eigenvalue weighted by molar-refractivity contribution is -0.138. The van der Waals surface area contributed by atoms with E-state index in [2.05, 4.69) is 16.7 Å². The van der Waals surface area contributed by atoms with Crippen LogP contribution in [0.4, 0.5) is 0 Å². The summed E-state index contributed by atoms with van der Waals surface area (Å²) >= 11 is 0. The molecule has 0 radical (unpaired) electrons. The number of likely N-dealkylation sites (N-methyl/N-ethyl adjacent to an activating group) is 1. The van der Waals surface area contributed by atoms with E-state index in [1.54, 1.807) is 14.2 Å². The minimum atomic E-state index is 0.214. The predicted octanol–water partition coefficient (Wildman–Crippen LogP) is 1.81. The molecule has 1 aromatic rings. The number of fused-ring (bicyclic) bond motifs is 1. The molecular weight excluding hydrogens is 304 g/mol. The average Bonchev–Trinajstić information content (AvgIpc) is 3.05. The highest BCUT2D eigenvalue weighted by molar-refractivity contribution is 5.79. The van der Waals surface area contributed by atoms with Gasteiger partial charge in [-0.2, -0.15) is 0 Å². The first-order valence-electron chi connectivity index (χ1n) is 8.83. The van der Waals surface area contributed by atoms with Crippen LogP contribution < -0.4 is 4.74 Å². The first-order valence-corrected chi connectivity index (χ1v) is 8.83. The first-order chi connectivity index (χ1) is 11.7. The molecule has 3 rings (SSSR count). The summed E-state index contributed by atoms with van der Waals surface area (Å²) in [7, 11) is 3.45. The topological polar surface area (TPSA) is 42.0 Å². The third-order valence-electron chi connectivity index (χ3n) is 5.50. The van der Waals surface area contributed by atoms with Gasteiger partial charge in [0.25, 0.3) is 0 Å². The minimum absolute atomic E-state index is 0.214. The summed E-state index contributed by atoms with van der Waals surface area (Å²) in [4.78, 5) is 17.4. The molecule has 3 atom stereocenters. The van der Waals surface area contributed by atoms with E-state index >= 15 is 0 Å². The zero-order chi connectivity index (χ0) is 17.1. The number of carbonyl (C=O) groups is 1. The van der Waals surface area contributed by atoms with E-state index in [-0.39, 0.29) is 18.1 Å². The van der Waals surface area contributed by atoms with Crippen molar-refractivity contribution >= 4 is 5.91 Å². The zero-order valence-corrected chi connectivity index (χ0v) is 14.9. The normalized spacial score (nSPS) is 27.1. The summed E-state index contributed by atoms with van der Waals surface area (Å²) in [5.41, 5.74) is 1.01. The van der Waals surface area contributed by atoms with Gasteiger partial charge in [0, 0.05) is 32.7 Å². The Morgan fingerprint density at radius 1 is 1.29 bits per heavy atom. The van der Waals surface area contributed by atoms with Crippen LogP contribution in [0.25, 0.3) is 0 Å². The molecule has 2 heterocycles. The molecule has 2 saturated heterocycles. The Hall–Kier alpha value is -1.59. The monoisotopic (exact) mass is 332 g/mol. The SMILES string of the molecule is CCN1C[C@H]2[C@@H](OC)CCN(C(=O)Cc3cccc(OC)c3)[C@H]2C1. The van der Waals surface area contributed by atoms with E-state index in [4.69, 9.17) is 9.47 Å². The highest BCUT2D eigenvalue weighted by atomic mass is 16.5. The molecule has 0 unspecified atom stereocenters. The quantitative estimate of drug-likeness (QED) is 0.825. The summed E-state index contributed by atoms with van der Waals surface area (Å²) in [6, 6.07) is 8.07. The van der Waals surface area contributed by atoms with Crippen LogP contribution in [0.1, 0.15) is 18.9 Å². The van der Waals surface area contributed by atoms with Crippen molar-refractivity contribution in [2.45, 2.75) is 31.9 Å². The molecule has 0 N–H and O–H groups in total. The molecule has 1 amide bonds. The number of methoxy groups -OCH3 is 2. The molecule has 132 valence electrons. The molecular formula is C19H28N2O3. The molecule has 0 saturated carbocycles. The maximum absolute atomic E-state index is 12.9. The molecule has 0 aliphatic carbocycles. The fourth-order valence-electron chi connectivity index (χ4n) is 4.15. The maximum Gasteiger partial charge on any atom is 0.227 e. The van der Waals surface area contributed by atoms with Gasteiger partial charge in [-0.15, -0.1) is 0 Å². The van der Waals surface area contributed by atoms with E-state index in [0.29, 0.717) is 12.3 Å². The van der Waals surface area contributed by atoms with Gasteiger partial charge < -0.3 is 19.3 Å². The Bertz CT molecular complexity index is 577. The predicted molar refractivity (Wildman–Crippen MR) is 93.2 cm³/mol. The molecule has 1 aromatic carbocycles. The summed E-state index contributed by atoms with van der Waals surface area (Å²) in [5.74, 6) is 1.44. The maximum atomic E-state index is 12.9. The number of hydrogen-bond donors (Lipinski definition) is 0. The van der Waals surface area contributed by atoms with Crippen LogP contribution in [0.3, 0.4) is 0 Å². The number of nitrogens with zero attached hydrogens (tertiary/aromatic N) is 2. The number of rotatable bonds is 5. The van der Waals surface area contributed by atoms with E-state index in [1.165, 1.54) is 0 Å². The van der Waals surface area contributed by atoms with Gasteiger partial charge in [-0.05, 0) is 30.7 Å². The van der Waals surface area contributed by atoms with Crippen molar-refractivity contribution in [3.05, 3.63) is 29.8 Å². The van der Waals surface area contributed by atoms with E-state index in [9.17, 15) is 4.79 Å². The largest absolute Gasteiger partial charge is 0.497 e. The van der Waals surface area contributed by atoms with Gasteiger partial charge in [-0.3, -0.25) is 4.79 Å². The van der Waals surface area contributed by atoms with Crippen molar-refractivity contribution in [2.24, 2.45) is 5.92 Å². The van der Waals surface area contributed by atoms with Gasteiger partial charge >= 0.3 is 0 Å². The molecule has 24 heavy (non-hydrogen) atoms. The highest BCUT2D eigenvalue weighted by Crippen LogP contribution is 2.32. The van der Waals surface area contributed by atoms with Crippen LogP contribution in [0.5, 0.6) is 5.75 Å². The van der Waals surface area contributed by atoms with Crippen molar-refractivity contribution < 1.29 is 14.3 Å². The van der Waals surface area contributed by atoms with E-state index in [1.807, 2.05) is 24.3 Å². The number of piperidine rings is 1. The van der Waals surface area contributed by atoms with E-state index in [0.717, 1.165) is 43.9 Å². The third kappa shape index (κ3) is 3.42. The lowest BCUT2D eigenvalue weighted by Gasteiger charge is -2.41. The van der Waals surface area contributed by atoms with Gasteiger partial charge in [0.15, 0.2) is 0 Å². The second-order valence-corrected chi connectivity index (χ2v) is 6.76. The van der Waals surface area contributed by atoms with Crippen molar-refractivity contribution in [1.82, 2.24) is 9.80 Å². The van der Waals surface area contributed by atoms with Crippen LogP contribution in [0.2, 0.25) is 0 Å². The van der Waals surface area contributed by atoms with E-state index < -0.39 is 0 Å². The molecule has 2 fully saturated rings. The third-order valence-corrected chi connectivity index (χ3v) is 5.50. The highest BCUT2D eigenvalue weighted by Gasteiger charge is 2.45. The van der Waals surface area contributed by atoms with Gasteiger partial charge in [-0.25, -0.2) is 0 Å². The Labute approximate surface area is 144 Å². The van der Waals surface area contributed by atoms with Crippen molar-refractivity contribution in [3.63, 3.8) is 0 Å². The lowest BCUT2D eigenvalue weighted by atomic mass is 9.88.